The fourth-order valence-corrected chi connectivity index (χ4v) is 10.2. The monoisotopic (exact) mass is 466 g/mol. The van der Waals surface area contributed by atoms with Gasteiger partial charge in [0.1, 0.15) is 0 Å². The van der Waals surface area contributed by atoms with Gasteiger partial charge in [-0.05, 0) is 110 Å². The number of hydrogen-bond donors (Lipinski definition) is 0. The maximum atomic E-state index is 11.7. The van der Waals surface area contributed by atoms with Crippen molar-refractivity contribution in [1.29, 1.82) is 0 Å². The first-order valence-corrected chi connectivity index (χ1v) is 15.6. The average Bonchev–Trinajstić information content (AvgIpc) is 3.04. The lowest BCUT2D eigenvalue weighted by Gasteiger charge is -2.61. The summed E-state index contributed by atoms with van der Waals surface area (Å²) in [7, 11) is -3.35. The predicted molar refractivity (Wildman–Crippen MR) is 133 cm³/mol. The third kappa shape index (κ3) is 4.70. The first kappa shape index (κ1) is 25.0. The van der Waals surface area contributed by atoms with Gasteiger partial charge in [0, 0.05) is 0 Å². The Labute approximate surface area is 199 Å². The molecule has 0 spiro atoms. The van der Waals surface area contributed by atoms with E-state index in [1.54, 1.807) is 0 Å². The third-order valence-corrected chi connectivity index (χ3v) is 11.8. The molecule has 0 aliphatic heterocycles. The lowest BCUT2D eigenvalue weighted by molar-refractivity contribution is -0.126. The molecule has 4 fully saturated rings. The fourth-order valence-electron chi connectivity index (χ4n) is 9.58. The second-order valence-corrected chi connectivity index (χ2v) is 15.0. The molecule has 3 nitrogen and oxygen atoms in total. The summed E-state index contributed by atoms with van der Waals surface area (Å²) in [5.74, 6) is 5.92. The minimum Gasteiger partial charge on any atom is -0.267 e. The van der Waals surface area contributed by atoms with Crippen molar-refractivity contribution in [2.45, 2.75) is 118 Å². The van der Waals surface area contributed by atoms with Gasteiger partial charge in [-0.3, -0.25) is 4.18 Å². The van der Waals surface area contributed by atoms with Gasteiger partial charge in [0.2, 0.25) is 0 Å². The largest absolute Gasteiger partial charge is 0.267 e. The summed E-state index contributed by atoms with van der Waals surface area (Å²) in [4.78, 5) is 0. The summed E-state index contributed by atoms with van der Waals surface area (Å²) in [5.41, 5.74) is 0.945. The van der Waals surface area contributed by atoms with Crippen LogP contribution in [0.3, 0.4) is 0 Å². The second-order valence-electron chi connectivity index (χ2n) is 13.4. The molecule has 0 saturated heterocycles. The van der Waals surface area contributed by atoms with Crippen LogP contribution >= 0.6 is 0 Å². The predicted octanol–water partition coefficient (Wildman–Crippen LogP) is 7.45. The van der Waals surface area contributed by atoms with E-state index in [1.807, 2.05) is 0 Å². The topological polar surface area (TPSA) is 43.4 Å². The van der Waals surface area contributed by atoms with Crippen molar-refractivity contribution < 1.29 is 12.6 Å². The van der Waals surface area contributed by atoms with Gasteiger partial charge in [0.25, 0.3) is 10.1 Å². The van der Waals surface area contributed by atoms with Gasteiger partial charge in [-0.2, -0.15) is 8.42 Å². The fraction of sp³-hybridized carbons (Fsp3) is 1.00. The lowest BCUT2D eigenvalue weighted by Crippen LogP contribution is -2.54. The molecule has 4 heteroatoms. The molecule has 4 saturated carbocycles. The van der Waals surface area contributed by atoms with Gasteiger partial charge in [-0.25, -0.2) is 0 Å². The summed E-state index contributed by atoms with van der Waals surface area (Å²) >= 11 is 0. The zero-order valence-corrected chi connectivity index (χ0v) is 22.6. The molecule has 0 unspecified atom stereocenters. The highest BCUT2D eigenvalue weighted by Gasteiger charge is 2.60. The Morgan fingerprint density at radius 2 is 1.56 bits per heavy atom. The lowest BCUT2D eigenvalue weighted by atomic mass is 9.44. The first-order valence-electron chi connectivity index (χ1n) is 13.8. The van der Waals surface area contributed by atoms with E-state index in [9.17, 15) is 8.42 Å². The Hall–Kier alpha value is -0.0900. The van der Waals surface area contributed by atoms with E-state index in [-0.39, 0.29) is 6.10 Å². The van der Waals surface area contributed by atoms with Crippen LogP contribution in [0.15, 0.2) is 0 Å². The first-order chi connectivity index (χ1) is 14.9. The quantitative estimate of drug-likeness (QED) is 0.366. The van der Waals surface area contributed by atoms with E-state index in [4.69, 9.17) is 4.18 Å². The van der Waals surface area contributed by atoms with Gasteiger partial charge >= 0.3 is 0 Å². The molecule has 4 rings (SSSR count). The van der Waals surface area contributed by atoms with E-state index in [1.165, 1.54) is 64.0 Å². The summed E-state index contributed by atoms with van der Waals surface area (Å²) in [5, 5.41) is 0. The third-order valence-electron chi connectivity index (χ3n) is 11.1. The molecule has 0 aromatic heterocycles. The Bertz CT molecular complexity index is 761. The zero-order valence-electron chi connectivity index (χ0n) is 21.7. The smallest absolute Gasteiger partial charge is 0.264 e. The van der Waals surface area contributed by atoms with Crippen molar-refractivity contribution in [2.24, 2.45) is 52.3 Å². The summed E-state index contributed by atoms with van der Waals surface area (Å²) in [6, 6.07) is 0. The van der Waals surface area contributed by atoms with Crippen LogP contribution in [0, 0.1) is 52.3 Å². The molecular formula is C28H50O3S. The van der Waals surface area contributed by atoms with Gasteiger partial charge in [0.15, 0.2) is 0 Å². The van der Waals surface area contributed by atoms with Crippen molar-refractivity contribution >= 4 is 10.1 Å². The Balaban J connectivity index is 1.43. The molecule has 4 aliphatic carbocycles. The normalized spacial score (nSPS) is 45.2. The molecule has 0 aromatic rings. The molecular weight excluding hydrogens is 416 g/mol. The van der Waals surface area contributed by atoms with Crippen molar-refractivity contribution in [1.82, 2.24) is 0 Å². The standard InChI is InChI=1S/C28H50O3S/c1-19(2)8-7-9-20(3)24-12-13-25-23-11-10-21-18-22(31-32(6,29)30)14-16-27(21,4)26(23)15-17-28(24,25)5/h19-26H,7-18H2,1-6H3/t20-,21-,22-,23-,24+,25-,26-,27-,28+/m0/s1. The maximum Gasteiger partial charge on any atom is 0.264 e. The van der Waals surface area contributed by atoms with Crippen LogP contribution in [0.2, 0.25) is 0 Å². The van der Waals surface area contributed by atoms with Crippen LogP contribution in [-0.2, 0) is 14.3 Å². The van der Waals surface area contributed by atoms with Crippen molar-refractivity contribution in [2.75, 3.05) is 6.26 Å². The second kappa shape index (κ2) is 9.17. The van der Waals surface area contributed by atoms with Crippen LogP contribution in [0.5, 0.6) is 0 Å². The van der Waals surface area contributed by atoms with E-state index < -0.39 is 10.1 Å². The average molecular weight is 467 g/mol. The summed E-state index contributed by atoms with van der Waals surface area (Å²) in [6.07, 6.45) is 16.7. The molecule has 4 aliphatic rings. The highest BCUT2D eigenvalue weighted by atomic mass is 32.2. The van der Waals surface area contributed by atoms with E-state index >= 15 is 0 Å². The molecule has 0 heterocycles. The molecule has 9 atom stereocenters. The van der Waals surface area contributed by atoms with Gasteiger partial charge in [-0.15, -0.1) is 0 Å². The Morgan fingerprint density at radius 1 is 0.875 bits per heavy atom. The van der Waals surface area contributed by atoms with Crippen LogP contribution in [0.4, 0.5) is 0 Å². The molecule has 0 aromatic carbocycles. The van der Waals surface area contributed by atoms with Crippen LogP contribution in [0.1, 0.15) is 112 Å². The molecule has 32 heavy (non-hydrogen) atoms. The van der Waals surface area contributed by atoms with Gasteiger partial charge < -0.3 is 0 Å². The van der Waals surface area contributed by atoms with Crippen molar-refractivity contribution in [3.8, 4) is 0 Å². The van der Waals surface area contributed by atoms with E-state index in [0.717, 1.165) is 54.8 Å². The Morgan fingerprint density at radius 3 is 2.25 bits per heavy atom. The highest BCUT2D eigenvalue weighted by Crippen LogP contribution is 2.68. The summed E-state index contributed by atoms with van der Waals surface area (Å²) in [6.45, 7) is 12.5. The van der Waals surface area contributed by atoms with Crippen molar-refractivity contribution in [3.63, 3.8) is 0 Å². The Kier molecular flexibility index (Phi) is 7.17. The maximum absolute atomic E-state index is 11.7. The number of hydrogen-bond acceptors (Lipinski definition) is 3. The molecule has 186 valence electrons. The highest BCUT2D eigenvalue weighted by molar-refractivity contribution is 7.86. The molecule has 0 N–H and O–H groups in total. The van der Waals surface area contributed by atoms with Crippen LogP contribution < -0.4 is 0 Å². The van der Waals surface area contributed by atoms with E-state index in [2.05, 4.69) is 34.6 Å². The molecule has 0 radical (unpaired) electrons. The number of fused-ring (bicyclic) bond motifs is 5. The van der Waals surface area contributed by atoms with Crippen molar-refractivity contribution in [3.05, 3.63) is 0 Å². The van der Waals surface area contributed by atoms with Gasteiger partial charge in [0.05, 0.1) is 12.4 Å². The SMILES string of the molecule is CC(C)CCC[C@H](C)[C@H]1CC[C@H]2[C@@H]3CC[C@H]4C[C@@H](OS(C)(=O)=O)CC[C@]4(C)[C@H]3CC[C@]12C. The minimum absolute atomic E-state index is 0.0870. The van der Waals surface area contributed by atoms with Crippen LogP contribution in [-0.4, -0.2) is 20.8 Å². The van der Waals surface area contributed by atoms with E-state index in [0.29, 0.717) is 16.7 Å². The summed E-state index contributed by atoms with van der Waals surface area (Å²) < 4.78 is 28.8. The minimum atomic E-state index is -3.35. The molecule has 0 amide bonds. The number of rotatable bonds is 7. The zero-order chi connectivity index (χ0) is 23.3. The molecule has 0 bridgehead atoms. The van der Waals surface area contributed by atoms with Gasteiger partial charge in [-0.1, -0.05) is 53.9 Å². The van der Waals surface area contributed by atoms with Crippen LogP contribution in [0.25, 0.3) is 0 Å².